The highest BCUT2D eigenvalue weighted by Crippen LogP contribution is 2.39. The summed E-state index contributed by atoms with van der Waals surface area (Å²) in [6.07, 6.45) is 3.06. The second kappa shape index (κ2) is 6.00. The summed E-state index contributed by atoms with van der Waals surface area (Å²) in [6.45, 7) is 1.55. The third-order valence-corrected chi connectivity index (χ3v) is 3.43. The predicted octanol–water partition coefficient (Wildman–Crippen LogP) is 2.76. The molecule has 6 nitrogen and oxygen atoms in total. The Balaban J connectivity index is 1.87. The van der Waals surface area contributed by atoms with E-state index < -0.39 is 5.97 Å². The van der Waals surface area contributed by atoms with Gasteiger partial charge in [-0.25, -0.2) is 4.79 Å². The van der Waals surface area contributed by atoms with Crippen LogP contribution in [0.2, 0.25) is 0 Å². The summed E-state index contributed by atoms with van der Waals surface area (Å²) in [7, 11) is 1.29. The second-order valence-electron chi connectivity index (χ2n) is 4.89. The Labute approximate surface area is 132 Å². The van der Waals surface area contributed by atoms with Crippen LogP contribution in [0, 0.1) is 6.92 Å². The van der Waals surface area contributed by atoms with Gasteiger partial charge in [0.15, 0.2) is 12.4 Å². The highest BCUT2D eigenvalue weighted by Gasteiger charge is 2.30. The van der Waals surface area contributed by atoms with E-state index in [0.29, 0.717) is 28.4 Å². The first-order valence-electron chi connectivity index (χ1n) is 6.91. The van der Waals surface area contributed by atoms with Crippen molar-refractivity contribution in [2.45, 2.75) is 6.92 Å². The van der Waals surface area contributed by atoms with E-state index in [2.05, 4.69) is 4.74 Å². The van der Waals surface area contributed by atoms with E-state index in [4.69, 9.17) is 13.9 Å². The van der Waals surface area contributed by atoms with Gasteiger partial charge in [0.2, 0.25) is 5.78 Å². The maximum Gasteiger partial charge on any atom is 0.343 e. The molecule has 0 unspecified atom stereocenters. The number of carbonyl (C=O) groups excluding carboxylic acids is 2. The van der Waals surface area contributed by atoms with Gasteiger partial charge in [-0.1, -0.05) is 0 Å². The molecule has 0 bridgehead atoms. The summed E-state index contributed by atoms with van der Waals surface area (Å²) >= 11 is 0. The number of esters is 1. The summed E-state index contributed by atoms with van der Waals surface area (Å²) in [5.41, 5.74) is 1.09. The highest BCUT2D eigenvalue weighted by atomic mass is 16.6. The van der Waals surface area contributed by atoms with Gasteiger partial charge in [-0.2, -0.15) is 0 Å². The molecule has 1 aliphatic heterocycles. The molecular formula is C17H14O6. The quantitative estimate of drug-likeness (QED) is 0.638. The summed E-state index contributed by atoms with van der Waals surface area (Å²) in [5, 5.41) is 0. The SMILES string of the molecule is COC(=O)COc1ccc2c(c1C)OC(=Cc1ccco1)C2=O. The summed E-state index contributed by atoms with van der Waals surface area (Å²) < 4.78 is 20.8. The van der Waals surface area contributed by atoms with E-state index in [1.54, 1.807) is 31.2 Å². The van der Waals surface area contributed by atoms with Gasteiger partial charge >= 0.3 is 5.97 Å². The number of Topliss-reactive ketones (excluding diaryl/α,β-unsaturated/α-hetero) is 1. The Morgan fingerprint density at radius 3 is 2.83 bits per heavy atom. The standard InChI is InChI=1S/C17H14O6/c1-10-13(22-9-15(18)20-2)6-5-12-16(19)14(23-17(10)12)8-11-4-3-7-21-11/h3-8H,9H2,1-2H3. The zero-order valence-electron chi connectivity index (χ0n) is 12.6. The topological polar surface area (TPSA) is 75.0 Å². The predicted molar refractivity (Wildman–Crippen MR) is 80.3 cm³/mol. The van der Waals surface area contributed by atoms with Gasteiger partial charge in [-0.15, -0.1) is 0 Å². The fourth-order valence-corrected chi connectivity index (χ4v) is 2.22. The van der Waals surface area contributed by atoms with Gasteiger partial charge in [-0.3, -0.25) is 4.79 Å². The number of ketones is 1. The molecule has 6 heteroatoms. The molecule has 3 rings (SSSR count). The number of hydrogen-bond acceptors (Lipinski definition) is 6. The van der Waals surface area contributed by atoms with Gasteiger partial charge in [0.25, 0.3) is 0 Å². The molecular weight excluding hydrogens is 300 g/mol. The van der Waals surface area contributed by atoms with Crippen LogP contribution in [0.3, 0.4) is 0 Å². The first-order chi connectivity index (χ1) is 11.1. The minimum Gasteiger partial charge on any atom is -0.481 e. The molecule has 0 fully saturated rings. The lowest BCUT2D eigenvalue weighted by Gasteiger charge is -2.10. The molecule has 1 aromatic carbocycles. The van der Waals surface area contributed by atoms with Crippen LogP contribution in [0.15, 0.2) is 40.7 Å². The van der Waals surface area contributed by atoms with Crippen molar-refractivity contribution in [1.82, 2.24) is 0 Å². The maximum absolute atomic E-state index is 12.3. The van der Waals surface area contributed by atoms with Gasteiger partial charge in [0, 0.05) is 11.6 Å². The average Bonchev–Trinajstić information content (AvgIpc) is 3.16. The Kier molecular flexibility index (Phi) is 3.89. The lowest BCUT2D eigenvalue weighted by molar-refractivity contribution is -0.142. The minimum atomic E-state index is -0.486. The van der Waals surface area contributed by atoms with Gasteiger partial charge in [-0.05, 0) is 31.2 Å². The van der Waals surface area contributed by atoms with Gasteiger partial charge < -0.3 is 18.6 Å². The maximum atomic E-state index is 12.3. The molecule has 1 aromatic heterocycles. The van der Waals surface area contributed by atoms with E-state index in [9.17, 15) is 9.59 Å². The average molecular weight is 314 g/mol. The van der Waals surface area contributed by atoms with Crippen molar-refractivity contribution < 1.29 is 28.2 Å². The number of benzene rings is 1. The molecule has 1 aliphatic rings. The van der Waals surface area contributed by atoms with E-state index in [1.807, 2.05) is 0 Å². The van der Waals surface area contributed by atoms with E-state index in [1.165, 1.54) is 19.4 Å². The minimum absolute atomic E-state index is 0.183. The van der Waals surface area contributed by atoms with Crippen LogP contribution in [0.1, 0.15) is 21.7 Å². The molecule has 2 aromatic rings. The Hall–Kier alpha value is -3.02. The normalized spacial score (nSPS) is 14.5. The van der Waals surface area contributed by atoms with Crippen LogP contribution in [0.4, 0.5) is 0 Å². The Bertz CT molecular complexity index is 786. The molecule has 0 saturated carbocycles. The number of methoxy groups -OCH3 is 1. The fourth-order valence-electron chi connectivity index (χ4n) is 2.22. The molecule has 0 radical (unpaired) electrons. The number of furan rings is 1. The lowest BCUT2D eigenvalue weighted by Crippen LogP contribution is -2.13. The van der Waals surface area contributed by atoms with Gasteiger partial charge in [0.05, 0.1) is 18.9 Å². The molecule has 0 atom stereocenters. The van der Waals surface area contributed by atoms with E-state index in [0.717, 1.165) is 0 Å². The van der Waals surface area contributed by atoms with Crippen molar-refractivity contribution in [2.75, 3.05) is 13.7 Å². The first kappa shape index (κ1) is 14.9. The van der Waals surface area contributed by atoms with Crippen molar-refractivity contribution >= 4 is 17.8 Å². The largest absolute Gasteiger partial charge is 0.481 e. The van der Waals surface area contributed by atoms with Crippen molar-refractivity contribution in [3.05, 3.63) is 53.2 Å². The van der Waals surface area contributed by atoms with E-state index in [-0.39, 0.29) is 18.1 Å². The van der Waals surface area contributed by atoms with Crippen molar-refractivity contribution in [2.24, 2.45) is 0 Å². The Morgan fingerprint density at radius 2 is 2.13 bits per heavy atom. The molecule has 0 spiro atoms. The third-order valence-electron chi connectivity index (χ3n) is 3.43. The van der Waals surface area contributed by atoms with Crippen LogP contribution in [-0.4, -0.2) is 25.5 Å². The van der Waals surface area contributed by atoms with Crippen LogP contribution < -0.4 is 9.47 Å². The van der Waals surface area contributed by atoms with Crippen molar-refractivity contribution in [1.29, 1.82) is 0 Å². The van der Waals surface area contributed by atoms with Crippen LogP contribution in [0.25, 0.3) is 6.08 Å². The van der Waals surface area contributed by atoms with Gasteiger partial charge in [0.1, 0.15) is 17.3 Å². The summed E-state index contributed by atoms with van der Waals surface area (Å²) in [4.78, 5) is 23.5. The summed E-state index contributed by atoms with van der Waals surface area (Å²) in [6, 6.07) is 6.70. The van der Waals surface area contributed by atoms with Crippen LogP contribution >= 0.6 is 0 Å². The molecule has 2 heterocycles. The highest BCUT2D eigenvalue weighted by molar-refractivity contribution is 6.14. The van der Waals surface area contributed by atoms with Crippen LogP contribution in [0.5, 0.6) is 11.5 Å². The summed E-state index contributed by atoms with van der Waals surface area (Å²) in [5.74, 6) is 0.889. The number of allylic oxidation sites excluding steroid dienone is 1. The Morgan fingerprint density at radius 1 is 1.30 bits per heavy atom. The molecule has 0 N–H and O–H groups in total. The smallest absolute Gasteiger partial charge is 0.343 e. The first-order valence-corrected chi connectivity index (χ1v) is 6.91. The number of fused-ring (bicyclic) bond motifs is 1. The number of ether oxygens (including phenoxy) is 3. The molecule has 0 amide bonds. The second-order valence-corrected chi connectivity index (χ2v) is 4.89. The number of rotatable bonds is 4. The van der Waals surface area contributed by atoms with Crippen molar-refractivity contribution in [3.8, 4) is 11.5 Å². The monoisotopic (exact) mass is 314 g/mol. The number of hydrogen-bond donors (Lipinski definition) is 0. The molecule has 0 saturated heterocycles. The zero-order chi connectivity index (χ0) is 16.4. The van der Waals surface area contributed by atoms with E-state index >= 15 is 0 Å². The van der Waals surface area contributed by atoms with Crippen molar-refractivity contribution in [3.63, 3.8) is 0 Å². The third kappa shape index (κ3) is 2.83. The molecule has 118 valence electrons. The molecule has 23 heavy (non-hydrogen) atoms. The molecule has 0 aliphatic carbocycles. The van der Waals surface area contributed by atoms with Crippen LogP contribution in [-0.2, 0) is 9.53 Å². The fraction of sp³-hybridized carbons (Fsp3) is 0.176. The zero-order valence-corrected chi connectivity index (χ0v) is 12.6. The lowest BCUT2D eigenvalue weighted by atomic mass is 10.1. The number of carbonyl (C=O) groups is 2.